The Morgan fingerprint density at radius 2 is 2.21 bits per heavy atom. The fraction of sp³-hybridized carbons (Fsp3) is 0.500. The van der Waals surface area contributed by atoms with Gasteiger partial charge in [-0.3, -0.25) is 0 Å². The van der Waals surface area contributed by atoms with Gasteiger partial charge in [-0.2, -0.15) is 0 Å². The van der Waals surface area contributed by atoms with Crippen LogP contribution < -0.4 is 5.32 Å². The summed E-state index contributed by atoms with van der Waals surface area (Å²) >= 11 is 6.26. The van der Waals surface area contributed by atoms with E-state index < -0.39 is 0 Å². The first-order valence-corrected chi connectivity index (χ1v) is 5.51. The second-order valence-corrected chi connectivity index (χ2v) is 4.75. The molecule has 1 aliphatic heterocycles. The Morgan fingerprint density at radius 3 is 2.79 bits per heavy atom. The highest BCUT2D eigenvalue weighted by molar-refractivity contribution is 6.31. The van der Waals surface area contributed by atoms with E-state index in [2.05, 4.69) is 31.3 Å². The monoisotopic (exact) mass is 209 g/mol. The van der Waals surface area contributed by atoms with Gasteiger partial charge in [-0.05, 0) is 50.4 Å². The topological polar surface area (TPSA) is 12.0 Å². The van der Waals surface area contributed by atoms with Gasteiger partial charge in [0.05, 0.1) is 0 Å². The van der Waals surface area contributed by atoms with Gasteiger partial charge < -0.3 is 5.32 Å². The van der Waals surface area contributed by atoms with Crippen molar-refractivity contribution in [3.05, 3.63) is 34.3 Å². The Labute approximate surface area is 90.5 Å². The first-order chi connectivity index (χ1) is 6.62. The number of nitrogens with one attached hydrogen (secondary N) is 1. The van der Waals surface area contributed by atoms with Crippen molar-refractivity contribution in [1.29, 1.82) is 0 Å². The summed E-state index contributed by atoms with van der Waals surface area (Å²) in [6.45, 7) is 5.40. The average molecular weight is 210 g/mol. The van der Waals surface area contributed by atoms with E-state index in [1.807, 2.05) is 6.07 Å². The predicted molar refractivity (Wildman–Crippen MR) is 60.8 cm³/mol. The van der Waals surface area contributed by atoms with Crippen LogP contribution in [0.2, 0.25) is 5.02 Å². The lowest BCUT2D eigenvalue weighted by atomic mass is 9.90. The highest BCUT2D eigenvalue weighted by Gasteiger charge is 2.31. The third kappa shape index (κ3) is 1.67. The second kappa shape index (κ2) is 3.56. The standard InChI is InChI=1S/C12H16ClN/c1-9-4-5-10(11(13)8-9)12(2)6-3-7-14-12/h4-5,8,14H,3,6-7H2,1-2H3. The van der Waals surface area contributed by atoms with E-state index >= 15 is 0 Å². The Morgan fingerprint density at radius 1 is 1.43 bits per heavy atom. The van der Waals surface area contributed by atoms with Crippen LogP contribution in [0.4, 0.5) is 0 Å². The normalized spacial score (nSPS) is 26.8. The minimum absolute atomic E-state index is 0.0881. The summed E-state index contributed by atoms with van der Waals surface area (Å²) in [7, 11) is 0. The molecule has 0 bridgehead atoms. The molecule has 1 fully saturated rings. The molecule has 0 saturated carbocycles. The van der Waals surface area contributed by atoms with Crippen molar-refractivity contribution >= 4 is 11.6 Å². The zero-order valence-corrected chi connectivity index (χ0v) is 9.49. The molecule has 1 aromatic carbocycles. The number of halogens is 1. The van der Waals surface area contributed by atoms with E-state index in [-0.39, 0.29) is 5.54 Å². The van der Waals surface area contributed by atoms with E-state index in [4.69, 9.17) is 11.6 Å². The van der Waals surface area contributed by atoms with E-state index in [0.29, 0.717) is 0 Å². The first-order valence-electron chi connectivity index (χ1n) is 5.13. The Bertz CT molecular complexity index is 340. The molecule has 1 aromatic rings. The third-order valence-corrected chi connectivity index (χ3v) is 3.40. The fourth-order valence-corrected chi connectivity index (χ4v) is 2.64. The Balaban J connectivity index is 2.40. The van der Waals surface area contributed by atoms with E-state index in [9.17, 15) is 0 Å². The van der Waals surface area contributed by atoms with Crippen molar-refractivity contribution < 1.29 is 0 Å². The molecule has 1 nitrogen and oxygen atoms in total. The maximum absolute atomic E-state index is 6.26. The molecule has 76 valence electrons. The smallest absolute Gasteiger partial charge is 0.0459 e. The van der Waals surface area contributed by atoms with Crippen LogP contribution in [0.5, 0.6) is 0 Å². The van der Waals surface area contributed by atoms with Gasteiger partial charge in [-0.1, -0.05) is 23.7 Å². The maximum atomic E-state index is 6.26. The van der Waals surface area contributed by atoms with E-state index in [0.717, 1.165) is 11.6 Å². The third-order valence-electron chi connectivity index (χ3n) is 3.09. The molecular weight excluding hydrogens is 194 g/mol. The molecule has 1 N–H and O–H groups in total. The van der Waals surface area contributed by atoms with Gasteiger partial charge >= 0.3 is 0 Å². The molecule has 1 aliphatic rings. The minimum atomic E-state index is 0.0881. The van der Waals surface area contributed by atoms with Crippen molar-refractivity contribution in [2.45, 2.75) is 32.2 Å². The summed E-state index contributed by atoms with van der Waals surface area (Å²) in [5.74, 6) is 0. The molecule has 0 radical (unpaired) electrons. The molecule has 2 heteroatoms. The van der Waals surface area contributed by atoms with Gasteiger partial charge in [0.2, 0.25) is 0 Å². The molecule has 0 aliphatic carbocycles. The van der Waals surface area contributed by atoms with Crippen LogP contribution in [0, 0.1) is 6.92 Å². The maximum Gasteiger partial charge on any atom is 0.0459 e. The number of hydrogen-bond acceptors (Lipinski definition) is 1. The average Bonchev–Trinajstić information content (AvgIpc) is 2.52. The van der Waals surface area contributed by atoms with Crippen LogP contribution in [0.15, 0.2) is 18.2 Å². The van der Waals surface area contributed by atoms with E-state index in [1.54, 1.807) is 0 Å². The summed E-state index contributed by atoms with van der Waals surface area (Å²) in [6, 6.07) is 6.32. The zero-order valence-electron chi connectivity index (χ0n) is 8.73. The summed E-state index contributed by atoms with van der Waals surface area (Å²) in [5, 5.41) is 4.42. The van der Waals surface area contributed by atoms with Crippen molar-refractivity contribution in [1.82, 2.24) is 5.32 Å². The van der Waals surface area contributed by atoms with Gasteiger partial charge in [0.15, 0.2) is 0 Å². The molecule has 14 heavy (non-hydrogen) atoms. The molecule has 0 aromatic heterocycles. The highest BCUT2D eigenvalue weighted by Crippen LogP contribution is 2.35. The summed E-state index contributed by atoms with van der Waals surface area (Å²) in [5.41, 5.74) is 2.55. The van der Waals surface area contributed by atoms with E-state index in [1.165, 1.54) is 24.0 Å². The van der Waals surface area contributed by atoms with Crippen molar-refractivity contribution in [3.63, 3.8) is 0 Å². The van der Waals surface area contributed by atoms with Gasteiger partial charge in [0, 0.05) is 10.6 Å². The lowest BCUT2D eigenvalue weighted by Crippen LogP contribution is -2.33. The highest BCUT2D eigenvalue weighted by atomic mass is 35.5. The second-order valence-electron chi connectivity index (χ2n) is 4.35. The molecule has 1 unspecified atom stereocenters. The summed E-state index contributed by atoms with van der Waals surface area (Å²) in [4.78, 5) is 0. The van der Waals surface area contributed by atoms with Crippen LogP contribution in [0.1, 0.15) is 30.9 Å². The summed E-state index contributed by atoms with van der Waals surface area (Å²) in [6.07, 6.45) is 2.41. The predicted octanol–water partition coefficient (Wildman–Crippen LogP) is 3.25. The Hall–Kier alpha value is -0.530. The van der Waals surface area contributed by atoms with Crippen molar-refractivity contribution in [2.75, 3.05) is 6.54 Å². The molecule has 1 heterocycles. The van der Waals surface area contributed by atoms with Gasteiger partial charge in [0.1, 0.15) is 0 Å². The number of hydrogen-bond donors (Lipinski definition) is 1. The van der Waals surface area contributed by atoms with Crippen LogP contribution in [0.3, 0.4) is 0 Å². The van der Waals surface area contributed by atoms with Crippen molar-refractivity contribution in [3.8, 4) is 0 Å². The fourth-order valence-electron chi connectivity index (χ4n) is 2.19. The summed E-state index contributed by atoms with van der Waals surface area (Å²) < 4.78 is 0. The quantitative estimate of drug-likeness (QED) is 0.749. The lowest BCUT2D eigenvalue weighted by Gasteiger charge is -2.26. The largest absolute Gasteiger partial charge is 0.308 e. The number of benzene rings is 1. The van der Waals surface area contributed by atoms with Crippen molar-refractivity contribution in [2.24, 2.45) is 0 Å². The van der Waals surface area contributed by atoms with Gasteiger partial charge in [-0.25, -0.2) is 0 Å². The SMILES string of the molecule is Cc1ccc(C2(C)CCCN2)c(Cl)c1. The number of rotatable bonds is 1. The zero-order chi connectivity index (χ0) is 10.2. The lowest BCUT2D eigenvalue weighted by molar-refractivity contribution is 0.435. The number of aryl methyl sites for hydroxylation is 1. The van der Waals surface area contributed by atoms with Gasteiger partial charge in [-0.15, -0.1) is 0 Å². The molecule has 0 amide bonds. The van der Waals surface area contributed by atoms with Crippen LogP contribution in [0.25, 0.3) is 0 Å². The van der Waals surface area contributed by atoms with Crippen LogP contribution >= 0.6 is 11.6 Å². The molecular formula is C12H16ClN. The first kappa shape index (κ1) is 10.0. The minimum Gasteiger partial charge on any atom is -0.308 e. The molecule has 1 saturated heterocycles. The Kier molecular flexibility index (Phi) is 2.54. The molecule has 0 spiro atoms. The molecule has 2 rings (SSSR count). The van der Waals surface area contributed by atoms with Crippen LogP contribution in [-0.4, -0.2) is 6.54 Å². The van der Waals surface area contributed by atoms with Crippen LogP contribution in [-0.2, 0) is 5.54 Å². The molecule has 1 atom stereocenters. The van der Waals surface area contributed by atoms with Gasteiger partial charge in [0.25, 0.3) is 0 Å².